The Morgan fingerprint density at radius 2 is 1.23 bits per heavy atom. The van der Waals surface area contributed by atoms with Gasteiger partial charge in [0.1, 0.15) is 11.6 Å². The van der Waals surface area contributed by atoms with E-state index in [2.05, 4.69) is 4.74 Å². The first-order valence-electron chi connectivity index (χ1n) is 12.7. The molecule has 4 aromatic carbocycles. The number of hydrogen-bond acceptors (Lipinski definition) is 2. The van der Waals surface area contributed by atoms with Crippen molar-refractivity contribution in [2.45, 2.75) is 38.3 Å². The van der Waals surface area contributed by atoms with Crippen molar-refractivity contribution in [3.63, 3.8) is 0 Å². The molecule has 0 radical (unpaired) electrons. The maximum atomic E-state index is 15.2. The number of halogens is 7. The van der Waals surface area contributed by atoms with E-state index in [-0.39, 0.29) is 24.2 Å². The number of rotatable bonds is 11. The van der Waals surface area contributed by atoms with Crippen LogP contribution < -0.4 is 4.74 Å². The standard InChI is InChI=1S/C31H27F7O2/c1-39-13-12-20-3-7-22(26(32)15-20)6-2-19-5-11-25-24(14-19)10-9-23(29(25)35)8-4-21-16-27(33)30(28(34)17-21)40-18-31(36,37)38/h3,5,7,9-11,14-17H,2,4,6,8,12-13,18H2,1H3. The summed E-state index contributed by atoms with van der Waals surface area (Å²) in [5.74, 6) is -4.35. The number of methoxy groups -OCH3 is 1. The first-order chi connectivity index (χ1) is 19.0. The first kappa shape index (κ1) is 29.4. The zero-order valence-corrected chi connectivity index (χ0v) is 21.7. The SMILES string of the molecule is COCCc1ccc(CCc2ccc3c(F)c(CCc4cc(F)c(OCC(F)(F)F)c(F)c4)ccc3c2)c(F)c1. The van der Waals surface area contributed by atoms with Crippen LogP contribution in [0.5, 0.6) is 5.75 Å². The van der Waals surface area contributed by atoms with Crippen LogP contribution in [-0.2, 0) is 36.8 Å². The van der Waals surface area contributed by atoms with Crippen molar-refractivity contribution in [2.75, 3.05) is 20.3 Å². The second kappa shape index (κ2) is 12.7. The maximum Gasteiger partial charge on any atom is 0.422 e. The van der Waals surface area contributed by atoms with E-state index in [9.17, 15) is 26.3 Å². The molecule has 0 aliphatic rings. The summed E-state index contributed by atoms with van der Waals surface area (Å²) in [5.41, 5.74) is 2.86. The Labute approximate surface area is 227 Å². The summed E-state index contributed by atoms with van der Waals surface area (Å²) >= 11 is 0. The van der Waals surface area contributed by atoms with Crippen LogP contribution in [0.15, 0.2) is 60.7 Å². The highest BCUT2D eigenvalue weighted by Crippen LogP contribution is 2.28. The van der Waals surface area contributed by atoms with E-state index >= 15 is 4.39 Å². The van der Waals surface area contributed by atoms with Crippen LogP contribution in [0.1, 0.15) is 27.8 Å². The molecule has 0 fully saturated rings. The molecule has 0 bridgehead atoms. The minimum atomic E-state index is -4.74. The molecule has 2 nitrogen and oxygen atoms in total. The monoisotopic (exact) mass is 564 g/mol. The van der Waals surface area contributed by atoms with E-state index in [1.165, 1.54) is 6.07 Å². The number of alkyl halides is 3. The third-order valence-electron chi connectivity index (χ3n) is 6.62. The molecule has 0 amide bonds. The van der Waals surface area contributed by atoms with Crippen LogP contribution in [0, 0.1) is 23.3 Å². The highest BCUT2D eigenvalue weighted by molar-refractivity contribution is 5.84. The van der Waals surface area contributed by atoms with Crippen LogP contribution in [0.4, 0.5) is 30.7 Å². The molecule has 0 aromatic heterocycles. The fraction of sp³-hybridized carbons (Fsp3) is 0.290. The van der Waals surface area contributed by atoms with Gasteiger partial charge in [0.25, 0.3) is 0 Å². The van der Waals surface area contributed by atoms with Gasteiger partial charge in [-0.2, -0.15) is 13.2 Å². The molecule has 0 N–H and O–H groups in total. The first-order valence-corrected chi connectivity index (χ1v) is 12.7. The molecule has 0 aliphatic carbocycles. The number of aryl methyl sites for hydroxylation is 4. The molecule has 212 valence electrons. The molecule has 0 unspecified atom stereocenters. The molecule has 0 atom stereocenters. The Morgan fingerprint density at radius 1 is 0.625 bits per heavy atom. The average molecular weight is 565 g/mol. The zero-order chi connectivity index (χ0) is 28.9. The summed E-state index contributed by atoms with van der Waals surface area (Å²) in [5, 5.41) is 1.04. The predicted molar refractivity (Wildman–Crippen MR) is 139 cm³/mol. The molecule has 9 heteroatoms. The van der Waals surface area contributed by atoms with Gasteiger partial charge in [-0.1, -0.05) is 42.5 Å². The summed E-state index contributed by atoms with van der Waals surface area (Å²) < 4.78 is 104. The molecule has 0 heterocycles. The summed E-state index contributed by atoms with van der Waals surface area (Å²) in [6.07, 6.45) is -2.88. The van der Waals surface area contributed by atoms with Crippen molar-refractivity contribution < 1.29 is 40.2 Å². The van der Waals surface area contributed by atoms with Crippen LogP contribution in [0.25, 0.3) is 10.8 Å². The van der Waals surface area contributed by atoms with Gasteiger partial charge in [-0.3, -0.25) is 0 Å². The van der Waals surface area contributed by atoms with Crippen LogP contribution in [-0.4, -0.2) is 26.5 Å². The highest BCUT2D eigenvalue weighted by Gasteiger charge is 2.30. The normalized spacial score (nSPS) is 11.8. The van der Waals surface area contributed by atoms with Crippen LogP contribution in [0.3, 0.4) is 0 Å². The summed E-state index contributed by atoms with van der Waals surface area (Å²) in [6.45, 7) is -1.30. The largest absolute Gasteiger partial charge is 0.478 e. The quantitative estimate of drug-likeness (QED) is 0.172. The summed E-state index contributed by atoms with van der Waals surface area (Å²) in [7, 11) is 1.59. The predicted octanol–water partition coefficient (Wildman–Crippen LogP) is 8.10. The lowest BCUT2D eigenvalue weighted by molar-refractivity contribution is -0.154. The molecule has 0 saturated carbocycles. The lowest BCUT2D eigenvalue weighted by atomic mass is 9.97. The molecule has 0 aliphatic heterocycles. The van der Waals surface area contributed by atoms with Gasteiger partial charge in [-0.05, 0) is 83.5 Å². The van der Waals surface area contributed by atoms with Crippen molar-refractivity contribution in [1.29, 1.82) is 0 Å². The van der Waals surface area contributed by atoms with Crippen molar-refractivity contribution >= 4 is 10.8 Å². The van der Waals surface area contributed by atoms with Gasteiger partial charge in [0.2, 0.25) is 0 Å². The molecule has 4 aromatic rings. The smallest absolute Gasteiger partial charge is 0.422 e. The van der Waals surface area contributed by atoms with Crippen LogP contribution in [0.2, 0.25) is 0 Å². The number of fused-ring (bicyclic) bond motifs is 1. The van der Waals surface area contributed by atoms with E-state index in [4.69, 9.17) is 4.74 Å². The second-order valence-electron chi connectivity index (χ2n) is 9.56. The average Bonchev–Trinajstić information content (AvgIpc) is 2.90. The second-order valence-corrected chi connectivity index (χ2v) is 9.56. The number of ether oxygens (including phenoxy) is 2. The fourth-order valence-corrected chi connectivity index (χ4v) is 4.51. The van der Waals surface area contributed by atoms with Gasteiger partial charge in [0, 0.05) is 12.5 Å². The van der Waals surface area contributed by atoms with Crippen molar-refractivity contribution in [3.05, 3.63) is 112 Å². The topological polar surface area (TPSA) is 18.5 Å². The molecule has 0 saturated heterocycles. The number of benzene rings is 4. The van der Waals surface area contributed by atoms with E-state index in [1.807, 2.05) is 12.1 Å². The van der Waals surface area contributed by atoms with Gasteiger partial charge in [0.05, 0.1) is 6.61 Å². The summed E-state index contributed by atoms with van der Waals surface area (Å²) in [4.78, 5) is 0. The van der Waals surface area contributed by atoms with Gasteiger partial charge < -0.3 is 9.47 Å². The minimum Gasteiger partial charge on any atom is -0.478 e. The van der Waals surface area contributed by atoms with Gasteiger partial charge in [0.15, 0.2) is 24.0 Å². The van der Waals surface area contributed by atoms with E-state index < -0.39 is 36.0 Å². The Hall–Kier alpha value is -3.59. The maximum absolute atomic E-state index is 15.2. The number of hydrogen-bond donors (Lipinski definition) is 0. The lowest BCUT2D eigenvalue weighted by Crippen LogP contribution is -2.20. The Kier molecular flexibility index (Phi) is 9.35. The fourth-order valence-electron chi connectivity index (χ4n) is 4.51. The minimum absolute atomic E-state index is 0.0592. The highest BCUT2D eigenvalue weighted by atomic mass is 19.4. The molecular formula is C31H27F7O2. The van der Waals surface area contributed by atoms with Crippen molar-refractivity contribution in [1.82, 2.24) is 0 Å². The zero-order valence-electron chi connectivity index (χ0n) is 21.7. The molecule has 0 spiro atoms. The van der Waals surface area contributed by atoms with Crippen molar-refractivity contribution in [3.8, 4) is 5.75 Å². The van der Waals surface area contributed by atoms with Crippen molar-refractivity contribution in [2.24, 2.45) is 0 Å². The van der Waals surface area contributed by atoms with E-state index in [0.717, 1.165) is 23.3 Å². The third kappa shape index (κ3) is 7.53. The molecule has 4 rings (SSSR count). The Balaban J connectivity index is 1.41. The third-order valence-corrected chi connectivity index (χ3v) is 6.62. The summed E-state index contributed by atoms with van der Waals surface area (Å²) in [6, 6.07) is 15.6. The molecule has 40 heavy (non-hydrogen) atoms. The van der Waals surface area contributed by atoms with Gasteiger partial charge in [-0.25, -0.2) is 17.6 Å². The van der Waals surface area contributed by atoms with Gasteiger partial charge in [-0.15, -0.1) is 0 Å². The van der Waals surface area contributed by atoms with E-state index in [0.29, 0.717) is 47.8 Å². The lowest BCUT2D eigenvalue weighted by Gasteiger charge is -2.12. The molecular weight excluding hydrogens is 537 g/mol. The Morgan fingerprint density at radius 3 is 1.90 bits per heavy atom. The van der Waals surface area contributed by atoms with Gasteiger partial charge >= 0.3 is 6.18 Å². The van der Waals surface area contributed by atoms with Crippen LogP contribution >= 0.6 is 0 Å². The van der Waals surface area contributed by atoms with E-state index in [1.54, 1.807) is 37.4 Å². The Bertz CT molecular complexity index is 1460.